The van der Waals surface area contributed by atoms with E-state index in [9.17, 15) is 18.0 Å². The molecule has 0 fully saturated rings. The normalized spacial score (nSPS) is 11.4. The van der Waals surface area contributed by atoms with E-state index >= 15 is 0 Å². The summed E-state index contributed by atoms with van der Waals surface area (Å²) in [4.78, 5) is 13.4. The number of carbonyl (C=O) groups excluding carboxylic acids is 1. The van der Waals surface area contributed by atoms with Gasteiger partial charge >= 0.3 is 6.18 Å². The Morgan fingerprint density at radius 1 is 1.32 bits per heavy atom. The highest BCUT2D eigenvalue weighted by Gasteiger charge is 2.40. The van der Waals surface area contributed by atoms with Crippen molar-refractivity contribution >= 4 is 46.3 Å². The van der Waals surface area contributed by atoms with Crippen LogP contribution in [0.1, 0.15) is 41.4 Å². The van der Waals surface area contributed by atoms with Gasteiger partial charge in [0.2, 0.25) is 0 Å². The SMILES string of the molecule is CC(C)c1cccc(NC(=S)N(C(=O)c2cn(C)nc2C(F)(F)F)C(N)=S)c1. The zero-order valence-corrected chi connectivity index (χ0v) is 16.9. The van der Waals surface area contributed by atoms with E-state index in [1.54, 1.807) is 12.1 Å². The molecule has 0 bridgehead atoms. The third-order valence-electron chi connectivity index (χ3n) is 3.76. The number of halogens is 3. The van der Waals surface area contributed by atoms with Crippen molar-refractivity contribution in [3.05, 3.63) is 47.3 Å². The molecule has 0 radical (unpaired) electrons. The maximum absolute atomic E-state index is 13.2. The standard InChI is InChI=1S/C17H18F3N5OS2/c1-9(2)10-5-4-6-11(7-10)22-16(28)25(15(21)27)14(26)12-8-24(3)23-13(12)17(18,19)20/h4-9H,1-3H3,(H2,21,27)(H,22,28). The van der Waals surface area contributed by atoms with Gasteiger partial charge in [0.1, 0.15) is 0 Å². The third-order valence-corrected chi connectivity index (χ3v) is 4.23. The number of aromatic nitrogens is 2. The molecule has 150 valence electrons. The number of hydrogen-bond donors (Lipinski definition) is 2. The monoisotopic (exact) mass is 429 g/mol. The maximum Gasteiger partial charge on any atom is 0.435 e. The van der Waals surface area contributed by atoms with Crippen LogP contribution in [0.2, 0.25) is 0 Å². The summed E-state index contributed by atoms with van der Waals surface area (Å²) in [5, 5.41) is 5.38. The lowest BCUT2D eigenvalue weighted by Gasteiger charge is -2.22. The van der Waals surface area contributed by atoms with Gasteiger partial charge in [-0.15, -0.1) is 0 Å². The zero-order chi connectivity index (χ0) is 21.2. The van der Waals surface area contributed by atoms with E-state index in [0.29, 0.717) is 10.6 Å². The highest BCUT2D eigenvalue weighted by Crippen LogP contribution is 2.31. The predicted octanol–water partition coefficient (Wildman–Crippen LogP) is 3.65. The number of rotatable bonds is 3. The zero-order valence-electron chi connectivity index (χ0n) is 15.2. The molecule has 28 heavy (non-hydrogen) atoms. The van der Waals surface area contributed by atoms with E-state index in [2.05, 4.69) is 10.4 Å². The minimum Gasteiger partial charge on any atom is -0.375 e. The van der Waals surface area contributed by atoms with Crippen LogP contribution in [0.3, 0.4) is 0 Å². The molecule has 1 aromatic carbocycles. The topological polar surface area (TPSA) is 76.2 Å². The molecule has 0 saturated heterocycles. The summed E-state index contributed by atoms with van der Waals surface area (Å²) in [7, 11) is 1.27. The molecule has 1 aromatic heterocycles. The van der Waals surface area contributed by atoms with Gasteiger partial charge in [0.25, 0.3) is 5.91 Å². The number of hydrogen-bond acceptors (Lipinski definition) is 4. The van der Waals surface area contributed by atoms with Crippen LogP contribution in [0, 0.1) is 0 Å². The third kappa shape index (κ3) is 4.84. The highest BCUT2D eigenvalue weighted by atomic mass is 32.1. The van der Waals surface area contributed by atoms with Gasteiger partial charge < -0.3 is 11.1 Å². The minimum atomic E-state index is -4.82. The Bertz CT molecular complexity index is 924. The minimum absolute atomic E-state index is 0.240. The smallest absolute Gasteiger partial charge is 0.375 e. The van der Waals surface area contributed by atoms with E-state index in [1.807, 2.05) is 26.0 Å². The first-order valence-electron chi connectivity index (χ1n) is 8.07. The average molecular weight is 429 g/mol. The molecule has 0 spiro atoms. The second kappa shape index (κ2) is 8.23. The van der Waals surface area contributed by atoms with Crippen LogP contribution in [-0.4, -0.2) is 30.8 Å². The van der Waals surface area contributed by atoms with Gasteiger partial charge in [-0.05, 0) is 48.0 Å². The van der Waals surface area contributed by atoms with Gasteiger partial charge in [-0.1, -0.05) is 26.0 Å². The van der Waals surface area contributed by atoms with Crippen molar-refractivity contribution in [2.45, 2.75) is 25.9 Å². The van der Waals surface area contributed by atoms with Gasteiger partial charge in [0.15, 0.2) is 15.9 Å². The Kier molecular flexibility index (Phi) is 6.40. The molecule has 0 aliphatic heterocycles. The van der Waals surface area contributed by atoms with Crippen molar-refractivity contribution in [1.82, 2.24) is 14.7 Å². The van der Waals surface area contributed by atoms with Crippen molar-refractivity contribution in [3.63, 3.8) is 0 Å². The molecule has 1 amide bonds. The number of anilines is 1. The molecule has 6 nitrogen and oxygen atoms in total. The maximum atomic E-state index is 13.2. The highest BCUT2D eigenvalue weighted by molar-refractivity contribution is 7.82. The molecule has 2 aromatic rings. The molecule has 11 heteroatoms. The number of nitrogens with zero attached hydrogens (tertiary/aromatic N) is 3. The Morgan fingerprint density at radius 2 is 1.96 bits per heavy atom. The lowest BCUT2D eigenvalue weighted by atomic mass is 10.0. The molecule has 2 rings (SSSR count). The number of carbonyl (C=O) groups is 1. The number of aryl methyl sites for hydroxylation is 1. The van der Waals surface area contributed by atoms with E-state index in [1.165, 1.54) is 7.05 Å². The number of thiocarbonyl (C=S) groups is 2. The Morgan fingerprint density at radius 3 is 2.50 bits per heavy atom. The lowest BCUT2D eigenvalue weighted by Crippen LogP contribution is -2.47. The van der Waals surface area contributed by atoms with Gasteiger partial charge in [0.05, 0.1) is 5.56 Å². The largest absolute Gasteiger partial charge is 0.435 e. The van der Waals surface area contributed by atoms with Crippen LogP contribution in [-0.2, 0) is 13.2 Å². The summed E-state index contributed by atoms with van der Waals surface area (Å²) < 4.78 is 40.5. The Balaban J connectivity index is 2.36. The predicted molar refractivity (Wildman–Crippen MR) is 108 cm³/mol. The molecular weight excluding hydrogens is 411 g/mol. The summed E-state index contributed by atoms with van der Waals surface area (Å²) in [6.45, 7) is 4.01. The van der Waals surface area contributed by atoms with Crippen LogP contribution in [0.25, 0.3) is 0 Å². The number of amides is 1. The van der Waals surface area contributed by atoms with Crippen molar-refractivity contribution < 1.29 is 18.0 Å². The summed E-state index contributed by atoms with van der Waals surface area (Å²) in [5.74, 6) is -0.876. The molecule has 3 N–H and O–H groups in total. The lowest BCUT2D eigenvalue weighted by molar-refractivity contribution is -0.141. The van der Waals surface area contributed by atoms with Crippen LogP contribution in [0.4, 0.5) is 18.9 Å². The number of nitrogens with one attached hydrogen (secondary N) is 1. The van der Waals surface area contributed by atoms with Gasteiger partial charge in [-0.25, -0.2) is 4.90 Å². The van der Waals surface area contributed by atoms with Crippen LogP contribution >= 0.6 is 24.4 Å². The van der Waals surface area contributed by atoms with Crippen molar-refractivity contribution in [2.75, 3.05) is 5.32 Å². The van der Waals surface area contributed by atoms with Crippen molar-refractivity contribution in [1.29, 1.82) is 0 Å². The summed E-state index contributed by atoms with van der Waals surface area (Å²) >= 11 is 10.0. The summed E-state index contributed by atoms with van der Waals surface area (Å²) in [6, 6.07) is 7.22. The van der Waals surface area contributed by atoms with Gasteiger partial charge in [0, 0.05) is 18.9 Å². The molecule has 1 heterocycles. The first kappa shape index (κ1) is 21.8. The fourth-order valence-electron chi connectivity index (χ4n) is 2.42. The summed E-state index contributed by atoms with van der Waals surface area (Å²) in [6.07, 6.45) is -3.88. The fraction of sp³-hybridized carbons (Fsp3) is 0.294. The van der Waals surface area contributed by atoms with Crippen molar-refractivity contribution in [3.8, 4) is 0 Å². The fourth-order valence-corrected chi connectivity index (χ4v) is 2.95. The first-order chi connectivity index (χ1) is 12.9. The molecular formula is C17H18F3N5OS2. The molecule has 0 atom stereocenters. The van der Waals surface area contributed by atoms with Gasteiger partial charge in [-0.3, -0.25) is 9.48 Å². The van der Waals surface area contributed by atoms with Crippen molar-refractivity contribution in [2.24, 2.45) is 12.8 Å². The molecule has 0 saturated carbocycles. The Labute approximate surface area is 170 Å². The van der Waals surface area contributed by atoms with E-state index in [0.717, 1.165) is 16.4 Å². The van der Waals surface area contributed by atoms with Crippen LogP contribution in [0.5, 0.6) is 0 Å². The second-order valence-corrected chi connectivity index (χ2v) is 7.06. The van der Waals surface area contributed by atoms with E-state index in [-0.39, 0.29) is 11.0 Å². The number of alkyl halides is 3. The van der Waals surface area contributed by atoms with Gasteiger partial charge in [-0.2, -0.15) is 18.3 Å². The molecule has 0 aliphatic carbocycles. The number of benzene rings is 1. The van der Waals surface area contributed by atoms with Crippen LogP contribution in [0.15, 0.2) is 30.5 Å². The van der Waals surface area contributed by atoms with E-state index < -0.39 is 28.5 Å². The first-order valence-corrected chi connectivity index (χ1v) is 8.89. The summed E-state index contributed by atoms with van der Waals surface area (Å²) in [5.41, 5.74) is 5.08. The average Bonchev–Trinajstić information content (AvgIpc) is 2.97. The second-order valence-electron chi connectivity index (χ2n) is 6.25. The number of nitrogens with two attached hydrogens (primary N) is 1. The molecule has 0 unspecified atom stereocenters. The Hall–Kier alpha value is -2.53. The quantitative estimate of drug-likeness (QED) is 0.726. The van der Waals surface area contributed by atoms with E-state index in [4.69, 9.17) is 30.2 Å². The molecule has 0 aliphatic rings. The van der Waals surface area contributed by atoms with Crippen LogP contribution < -0.4 is 11.1 Å².